The molecule has 7 heteroatoms. The molecule has 4 aromatic rings. The fourth-order valence-electron chi connectivity index (χ4n) is 4.77. The predicted octanol–water partition coefficient (Wildman–Crippen LogP) is 6.59. The van der Waals surface area contributed by atoms with E-state index in [9.17, 15) is 0 Å². The van der Waals surface area contributed by atoms with Gasteiger partial charge in [0.15, 0.2) is 0 Å². The van der Waals surface area contributed by atoms with E-state index >= 15 is 0 Å². The average molecular weight is 468 g/mol. The van der Waals surface area contributed by atoms with Crippen molar-refractivity contribution in [2.24, 2.45) is 5.92 Å². The van der Waals surface area contributed by atoms with Crippen LogP contribution >= 0.6 is 35.0 Å². The molecule has 2 aliphatic heterocycles. The number of nitrogens with zero attached hydrogens (tertiary/aromatic N) is 3. The summed E-state index contributed by atoms with van der Waals surface area (Å²) in [6, 6.07) is 14.1. The van der Waals surface area contributed by atoms with Crippen LogP contribution in [0.2, 0.25) is 10.0 Å². The van der Waals surface area contributed by atoms with Crippen LogP contribution in [0.5, 0.6) is 5.88 Å². The summed E-state index contributed by atoms with van der Waals surface area (Å²) in [5.74, 6) is 2.30. The van der Waals surface area contributed by atoms with Gasteiger partial charge in [-0.3, -0.25) is 0 Å². The third-order valence-corrected chi connectivity index (χ3v) is 7.97. The minimum absolute atomic E-state index is 0.198. The molecule has 0 N–H and O–H groups in total. The molecule has 2 aromatic carbocycles. The third-order valence-electron chi connectivity index (χ3n) is 6.22. The molecule has 0 radical (unpaired) electrons. The van der Waals surface area contributed by atoms with Crippen molar-refractivity contribution in [1.29, 1.82) is 0 Å². The molecule has 0 spiro atoms. The molecule has 2 atom stereocenters. The lowest BCUT2D eigenvalue weighted by molar-refractivity contribution is 0.205. The summed E-state index contributed by atoms with van der Waals surface area (Å²) < 4.78 is 8.08. The molecule has 0 amide bonds. The Hall–Kier alpha value is -2.21. The summed E-state index contributed by atoms with van der Waals surface area (Å²) in [7, 11) is 0. The monoisotopic (exact) mass is 467 g/mol. The number of benzene rings is 2. The van der Waals surface area contributed by atoms with Gasteiger partial charge in [-0.1, -0.05) is 41.4 Å². The Bertz CT molecular complexity index is 1370. The Kier molecular flexibility index (Phi) is 4.50. The molecule has 0 unspecified atom stereocenters. The molecule has 2 aromatic heterocycles. The Morgan fingerprint density at radius 3 is 2.87 bits per heavy atom. The maximum atomic E-state index is 6.49. The average Bonchev–Trinajstić information content (AvgIpc) is 3.11. The van der Waals surface area contributed by atoms with Gasteiger partial charge < -0.3 is 4.74 Å². The molecule has 2 aliphatic rings. The van der Waals surface area contributed by atoms with Crippen LogP contribution in [-0.4, -0.2) is 27.1 Å². The van der Waals surface area contributed by atoms with Crippen molar-refractivity contribution in [3.05, 3.63) is 74.9 Å². The number of hydrogen-bond donors (Lipinski definition) is 0. The number of aryl methyl sites for hydroxylation is 2. The van der Waals surface area contributed by atoms with E-state index in [1.54, 1.807) is 16.8 Å². The standard InChI is InChI=1S/C24H19Cl2N3OS/c1-12-4-3-5-14-8-17-21-15(11-31-23(17)27-22(12)14)10-30-24-20(21)13(2)28-29(24)19-9-16(25)6-7-18(19)26/h3-9,15,21H,10-11H2,1-2H3/t15-,21-/m0/s1. The molecule has 0 saturated heterocycles. The van der Waals surface area contributed by atoms with Crippen LogP contribution < -0.4 is 4.74 Å². The number of ether oxygens (including phenoxy) is 1. The zero-order valence-electron chi connectivity index (χ0n) is 17.0. The molecular formula is C24H19Cl2N3OS. The molecule has 4 nitrogen and oxygen atoms in total. The van der Waals surface area contributed by atoms with Crippen molar-refractivity contribution in [1.82, 2.24) is 14.8 Å². The number of pyridine rings is 1. The maximum Gasteiger partial charge on any atom is 0.220 e. The zero-order chi connectivity index (χ0) is 21.3. The molecular weight excluding hydrogens is 449 g/mol. The number of rotatable bonds is 1. The summed E-state index contributed by atoms with van der Waals surface area (Å²) in [6.07, 6.45) is 0. The second kappa shape index (κ2) is 7.16. The van der Waals surface area contributed by atoms with E-state index in [1.807, 2.05) is 24.8 Å². The van der Waals surface area contributed by atoms with E-state index in [4.69, 9.17) is 38.0 Å². The molecule has 0 fully saturated rings. The Labute approximate surface area is 194 Å². The first-order valence-electron chi connectivity index (χ1n) is 10.2. The van der Waals surface area contributed by atoms with Gasteiger partial charge in [0, 0.05) is 33.6 Å². The van der Waals surface area contributed by atoms with Gasteiger partial charge >= 0.3 is 0 Å². The van der Waals surface area contributed by atoms with Crippen LogP contribution in [0.4, 0.5) is 0 Å². The van der Waals surface area contributed by atoms with Crippen molar-refractivity contribution < 1.29 is 4.74 Å². The van der Waals surface area contributed by atoms with Crippen LogP contribution in [0.25, 0.3) is 16.6 Å². The van der Waals surface area contributed by atoms with Crippen LogP contribution in [0, 0.1) is 19.8 Å². The van der Waals surface area contributed by atoms with Crippen molar-refractivity contribution in [2.45, 2.75) is 24.8 Å². The number of fused-ring (bicyclic) bond motifs is 6. The molecule has 0 bridgehead atoms. The summed E-state index contributed by atoms with van der Waals surface area (Å²) in [5, 5.41) is 8.32. The Morgan fingerprint density at radius 2 is 2.00 bits per heavy atom. The lowest BCUT2D eigenvalue weighted by Gasteiger charge is -2.36. The SMILES string of the molecule is Cc1nn(-c2cc(Cl)ccc2Cl)c2c1[C@@H]1c3cc4cccc(C)c4nc3SC[C@@H]1CO2. The molecule has 0 aliphatic carbocycles. The van der Waals surface area contributed by atoms with E-state index in [1.165, 1.54) is 16.5 Å². The highest BCUT2D eigenvalue weighted by molar-refractivity contribution is 7.99. The lowest BCUT2D eigenvalue weighted by Crippen LogP contribution is -2.32. The number of aromatic nitrogens is 3. The first-order chi connectivity index (χ1) is 15.0. The molecule has 4 heterocycles. The summed E-state index contributed by atoms with van der Waals surface area (Å²) in [6.45, 7) is 4.80. The van der Waals surface area contributed by atoms with E-state index in [0.29, 0.717) is 22.6 Å². The van der Waals surface area contributed by atoms with Crippen LogP contribution in [-0.2, 0) is 0 Å². The van der Waals surface area contributed by atoms with Crippen molar-refractivity contribution >= 4 is 45.9 Å². The third kappa shape index (κ3) is 2.98. The summed E-state index contributed by atoms with van der Waals surface area (Å²) >= 11 is 14.6. The van der Waals surface area contributed by atoms with Gasteiger partial charge in [0.25, 0.3) is 0 Å². The van der Waals surface area contributed by atoms with Gasteiger partial charge in [0.1, 0.15) is 5.03 Å². The highest BCUT2D eigenvalue weighted by Gasteiger charge is 2.41. The topological polar surface area (TPSA) is 39.9 Å². The van der Waals surface area contributed by atoms with Crippen molar-refractivity contribution in [2.75, 3.05) is 12.4 Å². The number of hydrogen-bond acceptors (Lipinski definition) is 4. The fraction of sp³-hybridized carbons (Fsp3) is 0.250. The minimum Gasteiger partial charge on any atom is -0.477 e. The van der Waals surface area contributed by atoms with Crippen LogP contribution in [0.1, 0.15) is 28.3 Å². The van der Waals surface area contributed by atoms with E-state index < -0.39 is 0 Å². The first kappa shape index (κ1) is 19.5. The normalized spacial score (nSPS) is 19.5. The molecule has 0 saturated carbocycles. The minimum atomic E-state index is 0.198. The van der Waals surface area contributed by atoms with Gasteiger partial charge in [0.2, 0.25) is 5.88 Å². The first-order valence-corrected chi connectivity index (χ1v) is 12.0. The van der Waals surface area contributed by atoms with Gasteiger partial charge in [0.05, 0.1) is 28.5 Å². The Balaban J connectivity index is 1.57. The summed E-state index contributed by atoms with van der Waals surface area (Å²) in [4.78, 5) is 5.06. The number of para-hydroxylation sites is 1. The quantitative estimate of drug-likeness (QED) is 0.316. The highest BCUT2D eigenvalue weighted by Crippen LogP contribution is 2.51. The van der Waals surface area contributed by atoms with Crippen molar-refractivity contribution in [3.8, 4) is 11.6 Å². The van der Waals surface area contributed by atoms with Crippen molar-refractivity contribution in [3.63, 3.8) is 0 Å². The molecule has 156 valence electrons. The van der Waals surface area contributed by atoms with E-state index in [2.05, 4.69) is 31.2 Å². The van der Waals surface area contributed by atoms with Gasteiger partial charge in [-0.2, -0.15) is 9.78 Å². The maximum absolute atomic E-state index is 6.49. The Morgan fingerprint density at radius 1 is 1.13 bits per heavy atom. The van der Waals surface area contributed by atoms with E-state index in [0.717, 1.165) is 39.1 Å². The number of halogens is 2. The van der Waals surface area contributed by atoms with Crippen LogP contribution in [0.3, 0.4) is 0 Å². The van der Waals surface area contributed by atoms with Crippen LogP contribution in [0.15, 0.2) is 47.5 Å². The molecule has 31 heavy (non-hydrogen) atoms. The second-order valence-corrected chi connectivity index (χ2v) is 10.1. The second-order valence-electron chi connectivity index (χ2n) is 8.20. The number of thioether (sulfide) groups is 1. The van der Waals surface area contributed by atoms with Gasteiger partial charge in [-0.05, 0) is 49.2 Å². The largest absolute Gasteiger partial charge is 0.477 e. The zero-order valence-corrected chi connectivity index (χ0v) is 19.4. The fourth-order valence-corrected chi connectivity index (χ4v) is 6.30. The predicted molar refractivity (Wildman–Crippen MR) is 126 cm³/mol. The van der Waals surface area contributed by atoms with E-state index in [-0.39, 0.29) is 5.92 Å². The summed E-state index contributed by atoms with van der Waals surface area (Å²) in [5.41, 5.74) is 6.36. The lowest BCUT2D eigenvalue weighted by atomic mass is 9.80. The molecule has 6 rings (SSSR count). The van der Waals surface area contributed by atoms with Gasteiger partial charge in [-0.25, -0.2) is 4.98 Å². The smallest absolute Gasteiger partial charge is 0.220 e. The highest BCUT2D eigenvalue weighted by atomic mass is 35.5. The van der Waals surface area contributed by atoms with Gasteiger partial charge in [-0.15, -0.1) is 11.8 Å².